The third-order valence-corrected chi connectivity index (χ3v) is 4.68. The molecule has 4 heterocycles. The third kappa shape index (κ3) is 2.76. The minimum absolute atomic E-state index is 0.674. The van der Waals surface area contributed by atoms with Gasteiger partial charge >= 0.3 is 0 Å². The number of anilines is 1. The summed E-state index contributed by atoms with van der Waals surface area (Å²) in [6.07, 6.45) is 7.36. The zero-order valence-corrected chi connectivity index (χ0v) is 13.1. The second-order valence-electron chi connectivity index (χ2n) is 5.55. The number of nitrogens with one attached hydrogen (secondary N) is 1. The van der Waals surface area contributed by atoms with Crippen molar-refractivity contribution in [3.05, 3.63) is 46.4 Å². The van der Waals surface area contributed by atoms with E-state index in [4.69, 9.17) is 0 Å². The second kappa shape index (κ2) is 5.92. The van der Waals surface area contributed by atoms with Gasteiger partial charge in [0.15, 0.2) is 5.82 Å². The Labute approximate surface area is 132 Å². The molecule has 0 atom stereocenters. The first-order valence-electron chi connectivity index (χ1n) is 7.57. The summed E-state index contributed by atoms with van der Waals surface area (Å²) in [6, 6.07) is 2.13. The molecule has 0 unspecified atom stereocenters. The number of aryl methyl sites for hydroxylation is 1. The minimum Gasteiger partial charge on any atom is -0.378 e. The normalized spacial score (nSPS) is 14.0. The smallest absolute Gasteiger partial charge is 0.154 e. The van der Waals surface area contributed by atoms with E-state index >= 15 is 0 Å². The predicted octanol–water partition coefficient (Wildman–Crippen LogP) is 2.53. The zero-order chi connectivity index (χ0) is 14.8. The van der Waals surface area contributed by atoms with Crippen LogP contribution in [0, 0.1) is 0 Å². The van der Waals surface area contributed by atoms with Crippen LogP contribution in [0.1, 0.15) is 30.1 Å². The van der Waals surface area contributed by atoms with Crippen molar-refractivity contribution in [3.8, 4) is 0 Å². The molecular formula is C15H18N6S. The van der Waals surface area contributed by atoms with Crippen molar-refractivity contribution in [3.63, 3.8) is 0 Å². The van der Waals surface area contributed by atoms with Crippen molar-refractivity contribution in [1.82, 2.24) is 24.5 Å². The van der Waals surface area contributed by atoms with Crippen LogP contribution in [0.2, 0.25) is 0 Å². The highest BCUT2D eigenvalue weighted by atomic mass is 32.1. The van der Waals surface area contributed by atoms with Crippen molar-refractivity contribution < 1.29 is 0 Å². The number of fused-ring (bicyclic) bond motifs is 1. The maximum absolute atomic E-state index is 4.42. The Morgan fingerprint density at radius 1 is 1.27 bits per heavy atom. The quantitative estimate of drug-likeness (QED) is 0.786. The Morgan fingerprint density at radius 3 is 3.18 bits per heavy atom. The molecule has 0 saturated carbocycles. The number of hydrogen-bond donors (Lipinski definition) is 1. The van der Waals surface area contributed by atoms with E-state index in [-0.39, 0.29) is 0 Å². The van der Waals surface area contributed by atoms with Crippen LogP contribution in [0.25, 0.3) is 0 Å². The monoisotopic (exact) mass is 314 g/mol. The first-order valence-corrected chi connectivity index (χ1v) is 8.51. The van der Waals surface area contributed by atoms with Gasteiger partial charge in [0.25, 0.3) is 0 Å². The lowest BCUT2D eigenvalue weighted by Crippen LogP contribution is -2.15. The van der Waals surface area contributed by atoms with E-state index in [0.29, 0.717) is 6.54 Å². The average Bonchev–Trinajstić information content (AvgIpc) is 3.27. The van der Waals surface area contributed by atoms with Crippen LogP contribution < -0.4 is 5.32 Å². The molecule has 0 aliphatic carbocycles. The molecule has 3 aromatic heterocycles. The van der Waals surface area contributed by atoms with Gasteiger partial charge in [0, 0.05) is 25.7 Å². The summed E-state index contributed by atoms with van der Waals surface area (Å²) in [4.78, 5) is 0. The molecule has 1 aliphatic rings. The van der Waals surface area contributed by atoms with Gasteiger partial charge in [-0.15, -0.1) is 10.2 Å². The summed E-state index contributed by atoms with van der Waals surface area (Å²) in [6.45, 7) is 2.53. The molecule has 22 heavy (non-hydrogen) atoms. The van der Waals surface area contributed by atoms with Crippen LogP contribution in [0.5, 0.6) is 0 Å². The van der Waals surface area contributed by atoms with Crippen molar-refractivity contribution in [2.24, 2.45) is 0 Å². The van der Waals surface area contributed by atoms with Gasteiger partial charge in [-0.3, -0.25) is 4.68 Å². The van der Waals surface area contributed by atoms with E-state index in [1.807, 2.05) is 17.1 Å². The van der Waals surface area contributed by atoms with E-state index in [9.17, 15) is 0 Å². The van der Waals surface area contributed by atoms with Gasteiger partial charge in [0.1, 0.15) is 12.4 Å². The lowest BCUT2D eigenvalue weighted by atomic mass is 10.2. The average molecular weight is 314 g/mol. The molecule has 7 heteroatoms. The van der Waals surface area contributed by atoms with Gasteiger partial charge in [-0.1, -0.05) is 0 Å². The van der Waals surface area contributed by atoms with Crippen LogP contribution in [0.4, 0.5) is 5.69 Å². The Morgan fingerprint density at radius 2 is 2.27 bits per heavy atom. The summed E-state index contributed by atoms with van der Waals surface area (Å²) in [5.74, 6) is 2.12. The highest BCUT2D eigenvalue weighted by Gasteiger charge is 2.16. The maximum Gasteiger partial charge on any atom is 0.154 e. The van der Waals surface area contributed by atoms with Crippen LogP contribution in [0.3, 0.4) is 0 Å². The predicted molar refractivity (Wildman–Crippen MR) is 85.9 cm³/mol. The van der Waals surface area contributed by atoms with Gasteiger partial charge in [0.05, 0.1) is 11.9 Å². The van der Waals surface area contributed by atoms with E-state index in [0.717, 1.165) is 36.8 Å². The van der Waals surface area contributed by atoms with Gasteiger partial charge in [-0.25, -0.2) is 0 Å². The van der Waals surface area contributed by atoms with Gasteiger partial charge in [-0.05, 0) is 35.2 Å². The Hall–Kier alpha value is -2.15. The van der Waals surface area contributed by atoms with Crippen molar-refractivity contribution in [2.75, 3.05) is 5.32 Å². The highest BCUT2D eigenvalue weighted by Crippen LogP contribution is 2.16. The Balaban J connectivity index is 1.42. The molecule has 0 fully saturated rings. The highest BCUT2D eigenvalue weighted by molar-refractivity contribution is 7.07. The zero-order valence-electron chi connectivity index (χ0n) is 12.3. The summed E-state index contributed by atoms with van der Waals surface area (Å²) < 4.78 is 4.16. The fraction of sp³-hybridized carbons (Fsp3) is 0.400. The maximum atomic E-state index is 4.42. The molecule has 0 saturated heterocycles. The van der Waals surface area contributed by atoms with Crippen LogP contribution in [-0.2, 0) is 26.1 Å². The molecule has 6 nitrogen and oxygen atoms in total. The molecule has 4 rings (SSSR count). The molecule has 3 aromatic rings. The molecular weight excluding hydrogens is 296 g/mol. The Kier molecular flexibility index (Phi) is 3.64. The van der Waals surface area contributed by atoms with E-state index < -0.39 is 0 Å². The molecule has 0 bridgehead atoms. The van der Waals surface area contributed by atoms with Crippen molar-refractivity contribution in [2.45, 2.75) is 38.9 Å². The number of hydrogen-bond acceptors (Lipinski definition) is 5. The van der Waals surface area contributed by atoms with Gasteiger partial charge in [0.2, 0.25) is 0 Å². The van der Waals surface area contributed by atoms with E-state index in [1.54, 1.807) is 11.3 Å². The number of thiophene rings is 1. The van der Waals surface area contributed by atoms with Crippen LogP contribution in [-0.4, -0.2) is 24.5 Å². The lowest BCUT2D eigenvalue weighted by Gasteiger charge is -2.14. The van der Waals surface area contributed by atoms with Crippen LogP contribution in [0.15, 0.2) is 29.2 Å². The SMILES string of the molecule is c1cc(CNc2cnn(Cc3nnc4n3CCCC4)c2)cs1. The van der Waals surface area contributed by atoms with Gasteiger partial charge < -0.3 is 9.88 Å². The molecule has 0 radical (unpaired) electrons. The van der Waals surface area contributed by atoms with Crippen molar-refractivity contribution in [1.29, 1.82) is 0 Å². The van der Waals surface area contributed by atoms with E-state index in [2.05, 4.69) is 42.0 Å². The fourth-order valence-corrected chi connectivity index (χ4v) is 3.44. The number of nitrogens with zero attached hydrogens (tertiary/aromatic N) is 5. The summed E-state index contributed by atoms with van der Waals surface area (Å²) >= 11 is 1.72. The first kappa shape index (κ1) is 13.5. The largest absolute Gasteiger partial charge is 0.378 e. The standard InChI is InChI=1S/C15H18N6S/c1-2-5-21-14(3-1)18-19-15(21)10-20-9-13(8-17-20)16-7-12-4-6-22-11-12/h4,6,8-9,11,16H,1-3,5,7,10H2. The summed E-state index contributed by atoms with van der Waals surface area (Å²) in [5.41, 5.74) is 2.33. The topological polar surface area (TPSA) is 60.6 Å². The van der Waals surface area contributed by atoms with Crippen molar-refractivity contribution >= 4 is 17.0 Å². The van der Waals surface area contributed by atoms with E-state index in [1.165, 1.54) is 18.4 Å². The molecule has 114 valence electrons. The molecule has 0 amide bonds. The molecule has 1 aliphatic heterocycles. The second-order valence-corrected chi connectivity index (χ2v) is 6.33. The fourth-order valence-electron chi connectivity index (χ4n) is 2.77. The van der Waals surface area contributed by atoms with Gasteiger partial charge in [-0.2, -0.15) is 16.4 Å². The molecule has 1 N–H and O–H groups in total. The Bertz CT molecular complexity index is 742. The summed E-state index contributed by atoms with van der Waals surface area (Å²) in [5, 5.41) is 20.7. The minimum atomic E-state index is 0.674. The molecule has 0 aromatic carbocycles. The third-order valence-electron chi connectivity index (χ3n) is 3.95. The molecule has 0 spiro atoms. The number of aromatic nitrogens is 5. The number of rotatable bonds is 5. The first-order chi connectivity index (χ1) is 10.9. The van der Waals surface area contributed by atoms with Crippen LogP contribution >= 0.6 is 11.3 Å². The lowest BCUT2D eigenvalue weighted by molar-refractivity contribution is 0.496. The summed E-state index contributed by atoms with van der Waals surface area (Å²) in [7, 11) is 0.